The molecule has 0 nitrogen and oxygen atoms in total. The highest BCUT2D eigenvalue weighted by molar-refractivity contribution is 8.76. The maximum Gasteiger partial charge on any atom is 0.0708 e. The Bertz CT molecular complexity index is 986. The van der Waals surface area contributed by atoms with Crippen LogP contribution in [0.3, 0.4) is 0 Å². The van der Waals surface area contributed by atoms with E-state index in [1.807, 2.05) is 0 Å². The van der Waals surface area contributed by atoms with Gasteiger partial charge in [-0.2, -0.15) is 0 Å². The van der Waals surface area contributed by atoms with Gasteiger partial charge in [-0.1, -0.05) is 275 Å². The quantitative estimate of drug-likeness (QED) is 0.0972. The van der Waals surface area contributed by atoms with Crippen molar-refractivity contribution in [1.29, 1.82) is 0 Å². The number of hydrogen-bond donors (Lipinski definition) is 0. The summed E-state index contributed by atoms with van der Waals surface area (Å²) in [5.74, 6) is 5.36. The topological polar surface area (TPSA) is 0 Å². The van der Waals surface area contributed by atoms with Gasteiger partial charge in [0.15, 0.2) is 0 Å². The zero-order valence-electron chi connectivity index (χ0n) is 38.0. The van der Waals surface area contributed by atoms with Gasteiger partial charge in [0.1, 0.15) is 0 Å². The molecule has 0 radical (unpaired) electrons. The molecule has 0 amide bonds. The molecule has 4 bridgehead atoms. The van der Waals surface area contributed by atoms with Gasteiger partial charge in [0.25, 0.3) is 0 Å². The molecule has 3 heterocycles. The minimum absolute atomic E-state index is 1.30. The van der Waals surface area contributed by atoms with E-state index in [-0.39, 0.29) is 0 Å². The van der Waals surface area contributed by atoms with Gasteiger partial charge >= 0.3 is 0 Å². The van der Waals surface area contributed by atoms with Gasteiger partial charge in [0.2, 0.25) is 0 Å². The van der Waals surface area contributed by atoms with Crippen molar-refractivity contribution in [2.24, 2.45) is 0 Å². The van der Waals surface area contributed by atoms with E-state index in [4.69, 9.17) is 0 Å². The smallest absolute Gasteiger partial charge is 0.0708 e. The van der Waals surface area contributed by atoms with Crippen LogP contribution in [0.15, 0.2) is 26.8 Å². The first-order valence-electron chi connectivity index (χ1n) is 25.2. The molecule has 58 heavy (non-hydrogen) atoms. The predicted molar refractivity (Wildman–Crippen MR) is 288 cm³/mol. The van der Waals surface area contributed by atoms with Crippen LogP contribution in [-0.4, -0.2) is 23.0 Å². The fourth-order valence-electron chi connectivity index (χ4n) is 7.96. The van der Waals surface area contributed by atoms with Crippen LogP contribution in [0, 0.1) is 0 Å². The van der Waals surface area contributed by atoms with Gasteiger partial charge in [-0.25, -0.2) is 0 Å². The maximum absolute atomic E-state index is 2.33. The Morgan fingerprint density at radius 2 is 0.552 bits per heavy atom. The third kappa shape index (κ3) is 28.7. The highest BCUT2D eigenvalue weighted by atomic mass is 33.1. The Kier molecular flexibility index (Phi) is 38.0. The Morgan fingerprint density at radius 1 is 0.276 bits per heavy atom. The Hall–Kier alpha value is 2.02. The van der Waals surface area contributed by atoms with E-state index in [0.717, 1.165) is 0 Å². The summed E-state index contributed by atoms with van der Waals surface area (Å²) < 4.78 is 6.62. The number of rotatable bonds is 18. The molecule has 3 aliphatic heterocycles. The molecular weight excluding hydrogens is 857 g/mol. The highest BCUT2D eigenvalue weighted by Crippen LogP contribution is 2.64. The van der Waals surface area contributed by atoms with Crippen LogP contribution in [-0.2, 0) is 0 Å². The minimum Gasteiger partial charge on any atom is -0.118 e. The van der Waals surface area contributed by atoms with Crippen LogP contribution in [0.2, 0.25) is 0 Å². The lowest BCUT2D eigenvalue weighted by atomic mass is 10.1. The molecular formula is C50H90S8. The summed E-state index contributed by atoms with van der Waals surface area (Å²) >= 11 is 13.2. The van der Waals surface area contributed by atoms with E-state index in [1.165, 1.54) is 267 Å². The summed E-state index contributed by atoms with van der Waals surface area (Å²) in [4.78, 5) is 3.45. The summed E-state index contributed by atoms with van der Waals surface area (Å²) in [6, 6.07) is 0. The van der Waals surface area contributed by atoms with Gasteiger partial charge in [-0.15, -0.1) is 23.5 Å². The molecule has 0 aromatic rings. The second-order valence-electron chi connectivity index (χ2n) is 17.3. The number of allylic oxidation sites excluding steroid dienone is 2. The van der Waals surface area contributed by atoms with Crippen LogP contribution in [0.5, 0.6) is 0 Å². The molecule has 0 atom stereocenters. The Balaban J connectivity index is 1.55. The van der Waals surface area contributed by atoms with Crippen LogP contribution >= 0.6 is 92.2 Å². The maximum atomic E-state index is 2.33. The first-order chi connectivity index (χ1) is 28.8. The molecule has 0 aromatic heterocycles. The van der Waals surface area contributed by atoms with Crippen molar-refractivity contribution in [2.45, 2.75) is 258 Å². The molecule has 0 aromatic carbocycles. The minimum atomic E-state index is 1.30. The first-order valence-corrected chi connectivity index (χ1v) is 33.0. The average molecular weight is 948 g/mol. The van der Waals surface area contributed by atoms with Gasteiger partial charge in [0, 0.05) is 21.3 Å². The average Bonchev–Trinajstić information content (AvgIpc) is 3.84. The molecule has 3 aliphatic rings. The molecule has 0 aliphatic carbocycles. The van der Waals surface area contributed by atoms with Crippen LogP contribution in [0.1, 0.15) is 258 Å². The van der Waals surface area contributed by atoms with Gasteiger partial charge in [0.05, 0.1) is 16.9 Å². The van der Waals surface area contributed by atoms with E-state index in [2.05, 4.69) is 106 Å². The third-order valence-corrected chi connectivity index (χ3v) is 23.3. The molecule has 0 unspecified atom stereocenters. The van der Waals surface area contributed by atoms with Crippen molar-refractivity contribution < 1.29 is 0 Å². The van der Waals surface area contributed by atoms with E-state index in [9.17, 15) is 0 Å². The van der Waals surface area contributed by atoms with Gasteiger partial charge < -0.3 is 0 Å². The lowest BCUT2D eigenvalue weighted by Gasteiger charge is -2.06. The molecule has 0 saturated heterocycles. The molecule has 0 fully saturated rings. The normalized spacial score (nSPS) is 22.0. The van der Waals surface area contributed by atoms with Crippen LogP contribution < -0.4 is 0 Å². The molecule has 0 N–H and O–H groups in total. The number of unbranched alkanes of at least 4 members (excludes halogenated alkanes) is 14. The standard InChI is InChI=1S/C50H90S8/c1-3-5-7-9-11-21-27-33-39-45-47-51-41-35-29-23-17-13-15-19-25-31-37-43-53-54-44-38-32-26-20-16-14-18-24-30-36-42-52-48-46(56-50(58-48)49(55-45)57-47)40-34-28-22-12-10-8-6-4-2/h3-44H2,1-2H3/b50-49+. The van der Waals surface area contributed by atoms with Crippen LogP contribution in [0.25, 0.3) is 0 Å². The fraction of sp³-hybridized carbons (Fsp3) is 0.880. The lowest BCUT2D eigenvalue weighted by Crippen LogP contribution is -1.86. The first kappa shape index (κ1) is 54.4. The number of hydrogen-bond acceptors (Lipinski definition) is 8. The number of fused-ring (bicyclic) bond motifs is 4. The molecule has 8 heteroatoms. The van der Waals surface area contributed by atoms with Gasteiger partial charge in [-0.05, 0) is 62.9 Å². The lowest BCUT2D eigenvalue weighted by molar-refractivity contribution is 0.564. The molecule has 0 spiro atoms. The van der Waals surface area contributed by atoms with Crippen molar-refractivity contribution in [3.05, 3.63) is 26.8 Å². The summed E-state index contributed by atoms with van der Waals surface area (Å²) in [6.07, 6.45) is 54.1. The Labute approximate surface area is 396 Å². The SMILES string of the molecule is CCCCCCCCCCC1=C2SCCCCCCCCCCCCSSCCCCCCCCCCCCSC3=C(CCCCCCCCCC)S/C(=C(/S1)S2)S3. The third-order valence-electron chi connectivity index (χ3n) is 11.7. The van der Waals surface area contributed by atoms with E-state index in [0.29, 0.717) is 0 Å². The van der Waals surface area contributed by atoms with Crippen molar-refractivity contribution in [3.63, 3.8) is 0 Å². The zero-order valence-corrected chi connectivity index (χ0v) is 44.5. The van der Waals surface area contributed by atoms with Crippen molar-refractivity contribution in [1.82, 2.24) is 0 Å². The van der Waals surface area contributed by atoms with Crippen molar-refractivity contribution >= 4 is 92.2 Å². The predicted octanol–water partition coefficient (Wildman–Crippen LogP) is 22.1. The molecule has 3 rings (SSSR count). The monoisotopic (exact) mass is 946 g/mol. The van der Waals surface area contributed by atoms with E-state index < -0.39 is 0 Å². The van der Waals surface area contributed by atoms with Crippen LogP contribution in [0.4, 0.5) is 0 Å². The van der Waals surface area contributed by atoms with Crippen molar-refractivity contribution in [3.8, 4) is 0 Å². The summed E-state index contributed by atoms with van der Waals surface area (Å²) in [5.41, 5.74) is 0. The summed E-state index contributed by atoms with van der Waals surface area (Å²) in [7, 11) is 4.30. The van der Waals surface area contributed by atoms with Crippen molar-refractivity contribution in [2.75, 3.05) is 23.0 Å². The fourth-order valence-corrected chi connectivity index (χ4v) is 19.4. The summed E-state index contributed by atoms with van der Waals surface area (Å²) in [6.45, 7) is 4.66. The largest absolute Gasteiger partial charge is 0.118 e. The van der Waals surface area contributed by atoms with Gasteiger partial charge in [-0.3, -0.25) is 0 Å². The van der Waals surface area contributed by atoms with E-state index in [1.54, 1.807) is 26.8 Å². The number of thioether (sulfide) groups is 6. The molecule has 0 saturated carbocycles. The van der Waals surface area contributed by atoms with E-state index >= 15 is 0 Å². The second kappa shape index (κ2) is 40.5. The Morgan fingerprint density at radius 3 is 0.879 bits per heavy atom. The second-order valence-corrected chi connectivity index (χ2v) is 27.5. The zero-order chi connectivity index (χ0) is 40.8. The highest BCUT2D eigenvalue weighted by Gasteiger charge is 2.30. The summed E-state index contributed by atoms with van der Waals surface area (Å²) in [5, 5.41) is 0. The molecule has 338 valence electrons.